The first-order valence-corrected chi connectivity index (χ1v) is 7.62. The Balaban J connectivity index is 1.78. The van der Waals surface area contributed by atoms with Gasteiger partial charge in [0.15, 0.2) is 11.6 Å². The molecule has 0 radical (unpaired) electrons. The molecule has 0 saturated heterocycles. The predicted octanol–water partition coefficient (Wildman–Crippen LogP) is 2.39. The number of hydrogen-bond acceptors (Lipinski definition) is 6. The van der Waals surface area contributed by atoms with E-state index in [1.165, 1.54) is 12.3 Å². The minimum Gasteiger partial charge on any atom is -0.491 e. The number of carbonyl (C=O) groups excluding carboxylic acids is 1. The SMILES string of the molecule is CCOC(=O)c1ccc(NCC(O)COc2ccc(F)c(F)c2)nc1. The first-order valence-electron chi connectivity index (χ1n) is 7.62. The van der Waals surface area contributed by atoms with Crippen molar-refractivity contribution in [1.29, 1.82) is 0 Å². The van der Waals surface area contributed by atoms with Crippen LogP contribution in [0, 0.1) is 11.6 Å². The van der Waals surface area contributed by atoms with Gasteiger partial charge in [-0.1, -0.05) is 0 Å². The van der Waals surface area contributed by atoms with Gasteiger partial charge in [0.2, 0.25) is 0 Å². The van der Waals surface area contributed by atoms with E-state index in [2.05, 4.69) is 10.3 Å². The molecule has 0 bridgehead atoms. The number of benzene rings is 1. The lowest BCUT2D eigenvalue weighted by molar-refractivity contribution is 0.0526. The lowest BCUT2D eigenvalue weighted by Crippen LogP contribution is -2.26. The van der Waals surface area contributed by atoms with Crippen LogP contribution in [-0.2, 0) is 4.74 Å². The standard InChI is InChI=1S/C17H18F2N2O4/c1-2-24-17(23)11-3-6-16(20-8-11)21-9-12(22)10-25-13-4-5-14(18)15(19)7-13/h3-8,12,22H,2,9-10H2,1H3,(H,20,21). The molecule has 8 heteroatoms. The van der Waals surface area contributed by atoms with Gasteiger partial charge in [0.25, 0.3) is 0 Å². The molecule has 1 heterocycles. The second-order valence-electron chi connectivity index (χ2n) is 5.07. The molecule has 2 N–H and O–H groups in total. The zero-order valence-electron chi connectivity index (χ0n) is 13.5. The Hall–Kier alpha value is -2.74. The summed E-state index contributed by atoms with van der Waals surface area (Å²) >= 11 is 0. The Labute approximate surface area is 143 Å². The molecule has 0 amide bonds. The molecule has 1 unspecified atom stereocenters. The van der Waals surface area contributed by atoms with E-state index in [4.69, 9.17) is 9.47 Å². The molecule has 0 aliphatic rings. The highest BCUT2D eigenvalue weighted by Crippen LogP contribution is 2.15. The quantitative estimate of drug-likeness (QED) is 0.710. The molecule has 2 rings (SSSR count). The zero-order chi connectivity index (χ0) is 18.2. The molecule has 25 heavy (non-hydrogen) atoms. The van der Waals surface area contributed by atoms with Gasteiger partial charge in [-0.2, -0.15) is 0 Å². The number of rotatable bonds is 8. The Morgan fingerprint density at radius 1 is 1.28 bits per heavy atom. The minimum absolute atomic E-state index is 0.112. The topological polar surface area (TPSA) is 80.7 Å². The number of ether oxygens (including phenoxy) is 2. The van der Waals surface area contributed by atoms with Gasteiger partial charge < -0.3 is 19.9 Å². The molecule has 2 aromatic rings. The minimum atomic E-state index is -1.02. The van der Waals surface area contributed by atoms with Crippen molar-refractivity contribution in [1.82, 2.24) is 4.98 Å². The first-order chi connectivity index (χ1) is 12.0. The van der Waals surface area contributed by atoms with Crippen LogP contribution < -0.4 is 10.1 Å². The Morgan fingerprint density at radius 3 is 2.72 bits per heavy atom. The maximum Gasteiger partial charge on any atom is 0.339 e. The normalized spacial score (nSPS) is 11.7. The molecule has 1 aromatic heterocycles. The van der Waals surface area contributed by atoms with Gasteiger partial charge in [-0.15, -0.1) is 0 Å². The highest BCUT2D eigenvalue weighted by atomic mass is 19.2. The van der Waals surface area contributed by atoms with Crippen LogP contribution in [0.5, 0.6) is 5.75 Å². The molecule has 0 fully saturated rings. The van der Waals surface area contributed by atoms with Crippen molar-refractivity contribution in [2.24, 2.45) is 0 Å². The van der Waals surface area contributed by atoms with Crippen LogP contribution in [-0.4, -0.2) is 41.9 Å². The van der Waals surface area contributed by atoms with E-state index in [1.54, 1.807) is 19.1 Å². The smallest absolute Gasteiger partial charge is 0.339 e. The molecule has 134 valence electrons. The third kappa shape index (κ3) is 5.68. The summed E-state index contributed by atoms with van der Waals surface area (Å²) in [4.78, 5) is 15.5. The fraction of sp³-hybridized carbons (Fsp3) is 0.294. The van der Waals surface area contributed by atoms with E-state index in [9.17, 15) is 18.7 Å². The molecule has 1 aromatic carbocycles. The van der Waals surface area contributed by atoms with Crippen LogP contribution in [0.4, 0.5) is 14.6 Å². The van der Waals surface area contributed by atoms with Crippen molar-refractivity contribution in [3.63, 3.8) is 0 Å². The Morgan fingerprint density at radius 2 is 2.08 bits per heavy atom. The van der Waals surface area contributed by atoms with Crippen LogP contribution in [0.1, 0.15) is 17.3 Å². The monoisotopic (exact) mass is 352 g/mol. The number of aliphatic hydroxyl groups excluding tert-OH is 1. The number of nitrogens with one attached hydrogen (secondary N) is 1. The number of halogens is 2. The van der Waals surface area contributed by atoms with Crippen molar-refractivity contribution < 1.29 is 28.2 Å². The van der Waals surface area contributed by atoms with Crippen LogP contribution in [0.15, 0.2) is 36.5 Å². The van der Waals surface area contributed by atoms with E-state index in [1.807, 2.05) is 0 Å². The van der Waals surface area contributed by atoms with Crippen LogP contribution in [0.25, 0.3) is 0 Å². The van der Waals surface area contributed by atoms with Gasteiger partial charge in [-0.3, -0.25) is 0 Å². The second-order valence-corrected chi connectivity index (χ2v) is 5.07. The van der Waals surface area contributed by atoms with Crippen molar-refractivity contribution in [3.8, 4) is 5.75 Å². The van der Waals surface area contributed by atoms with Gasteiger partial charge in [0.1, 0.15) is 24.3 Å². The maximum absolute atomic E-state index is 13.0. The average molecular weight is 352 g/mol. The highest BCUT2D eigenvalue weighted by Gasteiger charge is 2.09. The number of nitrogens with zero attached hydrogens (tertiary/aromatic N) is 1. The Kier molecular flexibility index (Phi) is 6.64. The molecule has 6 nitrogen and oxygen atoms in total. The fourth-order valence-corrected chi connectivity index (χ4v) is 1.87. The van der Waals surface area contributed by atoms with Gasteiger partial charge in [0.05, 0.1) is 12.2 Å². The average Bonchev–Trinajstić information content (AvgIpc) is 2.61. The molecule has 0 saturated carbocycles. The highest BCUT2D eigenvalue weighted by molar-refractivity contribution is 5.89. The summed E-state index contributed by atoms with van der Waals surface area (Å²) in [7, 11) is 0. The molecule has 0 aliphatic carbocycles. The summed E-state index contributed by atoms with van der Waals surface area (Å²) in [5, 5.41) is 12.7. The lowest BCUT2D eigenvalue weighted by Gasteiger charge is -2.14. The van der Waals surface area contributed by atoms with Crippen molar-refractivity contribution in [2.75, 3.05) is 25.1 Å². The van der Waals surface area contributed by atoms with Gasteiger partial charge >= 0.3 is 5.97 Å². The molecular weight excluding hydrogens is 334 g/mol. The predicted molar refractivity (Wildman–Crippen MR) is 86.5 cm³/mol. The number of carbonyl (C=O) groups is 1. The van der Waals surface area contributed by atoms with E-state index in [0.29, 0.717) is 11.4 Å². The number of aromatic nitrogens is 1. The molecule has 0 spiro atoms. The number of hydrogen-bond donors (Lipinski definition) is 2. The summed E-state index contributed by atoms with van der Waals surface area (Å²) in [5.41, 5.74) is 0.328. The zero-order valence-corrected chi connectivity index (χ0v) is 13.5. The third-order valence-electron chi connectivity index (χ3n) is 3.13. The number of esters is 1. The summed E-state index contributed by atoms with van der Waals surface area (Å²) < 4.78 is 35.9. The third-order valence-corrected chi connectivity index (χ3v) is 3.13. The van der Waals surface area contributed by atoms with Gasteiger partial charge in [0, 0.05) is 18.8 Å². The lowest BCUT2D eigenvalue weighted by atomic mass is 10.3. The maximum atomic E-state index is 13.0. The largest absolute Gasteiger partial charge is 0.491 e. The van der Waals surface area contributed by atoms with Gasteiger partial charge in [-0.25, -0.2) is 18.6 Å². The Bertz CT molecular complexity index is 710. The van der Waals surface area contributed by atoms with Crippen LogP contribution in [0.2, 0.25) is 0 Å². The number of pyridine rings is 1. The van der Waals surface area contributed by atoms with E-state index in [-0.39, 0.29) is 25.5 Å². The fourth-order valence-electron chi connectivity index (χ4n) is 1.87. The summed E-state index contributed by atoms with van der Waals surface area (Å²) in [5.74, 6) is -1.86. The van der Waals surface area contributed by atoms with E-state index in [0.717, 1.165) is 12.1 Å². The summed E-state index contributed by atoms with van der Waals surface area (Å²) in [6, 6.07) is 6.26. The summed E-state index contributed by atoms with van der Waals surface area (Å²) in [6.45, 7) is 2.00. The summed E-state index contributed by atoms with van der Waals surface area (Å²) in [6.07, 6.45) is 0.462. The van der Waals surface area contributed by atoms with Crippen LogP contribution in [0.3, 0.4) is 0 Å². The molecule has 1 atom stereocenters. The van der Waals surface area contributed by atoms with Crippen molar-refractivity contribution >= 4 is 11.8 Å². The van der Waals surface area contributed by atoms with Gasteiger partial charge in [-0.05, 0) is 31.2 Å². The number of anilines is 1. The molecular formula is C17H18F2N2O4. The van der Waals surface area contributed by atoms with E-state index < -0.39 is 23.7 Å². The number of aliphatic hydroxyl groups is 1. The van der Waals surface area contributed by atoms with Crippen LogP contribution >= 0.6 is 0 Å². The second kappa shape index (κ2) is 8.93. The van der Waals surface area contributed by atoms with Crippen molar-refractivity contribution in [3.05, 3.63) is 53.7 Å². The van der Waals surface area contributed by atoms with Crippen molar-refractivity contribution in [2.45, 2.75) is 13.0 Å². The van der Waals surface area contributed by atoms with E-state index >= 15 is 0 Å². The first kappa shape index (κ1) is 18.6. The molecule has 0 aliphatic heterocycles.